The maximum Gasteiger partial charge on any atom is 0.340 e. The summed E-state index contributed by atoms with van der Waals surface area (Å²) in [6, 6.07) is 21.3. The normalized spacial score (nSPS) is 15.2. The van der Waals surface area contributed by atoms with Gasteiger partial charge in [0.2, 0.25) is 5.91 Å². The van der Waals surface area contributed by atoms with Crippen LogP contribution in [0.5, 0.6) is 0 Å². The van der Waals surface area contributed by atoms with Gasteiger partial charge in [-0.3, -0.25) is 14.9 Å². The molecule has 0 spiro atoms. The van der Waals surface area contributed by atoms with Crippen molar-refractivity contribution in [3.63, 3.8) is 0 Å². The lowest BCUT2D eigenvalue weighted by atomic mass is 9.95. The number of amides is 2. The summed E-state index contributed by atoms with van der Waals surface area (Å²) in [5, 5.41) is 1.44. The predicted molar refractivity (Wildman–Crippen MR) is 145 cm³/mol. The third-order valence-corrected chi connectivity index (χ3v) is 7.54. The summed E-state index contributed by atoms with van der Waals surface area (Å²) in [7, 11) is 1.38. The minimum atomic E-state index is -0.632. The number of aromatic nitrogens is 2. The summed E-state index contributed by atoms with van der Waals surface area (Å²) in [5.41, 5.74) is 5.55. The number of imide groups is 1. The van der Waals surface area contributed by atoms with E-state index in [2.05, 4.69) is 16.8 Å². The van der Waals surface area contributed by atoms with Crippen LogP contribution in [0.15, 0.2) is 66.7 Å². The number of carbonyl (C=O) groups excluding carboxylic acids is 3. The number of thioether (sulfide) groups is 1. The molecule has 1 N–H and O–H groups in total. The minimum absolute atomic E-state index is 0.311. The molecule has 188 valence electrons. The quantitative estimate of drug-likeness (QED) is 0.295. The maximum atomic E-state index is 12.7. The van der Waals surface area contributed by atoms with Gasteiger partial charge in [-0.2, -0.15) is 0 Å². The lowest BCUT2D eigenvalue weighted by Crippen LogP contribution is -2.21. The predicted octanol–water partition coefficient (Wildman–Crippen LogP) is 5.90. The zero-order chi connectivity index (χ0) is 25.9. The molecule has 2 amide bonds. The average molecular weight is 514 g/mol. The van der Waals surface area contributed by atoms with E-state index in [9.17, 15) is 14.4 Å². The van der Waals surface area contributed by atoms with Crippen molar-refractivity contribution >= 4 is 39.9 Å². The van der Waals surface area contributed by atoms with Gasteiger partial charge < -0.3 is 9.30 Å². The molecule has 0 radical (unpaired) electrons. The molecule has 1 aliphatic heterocycles. The van der Waals surface area contributed by atoms with E-state index in [1.165, 1.54) is 7.11 Å². The van der Waals surface area contributed by atoms with Crippen molar-refractivity contribution in [3.8, 4) is 11.1 Å². The fourth-order valence-corrected chi connectivity index (χ4v) is 5.62. The molecule has 1 fully saturated rings. The topological polar surface area (TPSA) is 90.3 Å². The molecule has 0 aliphatic carbocycles. The molecule has 0 saturated carbocycles. The smallest absolute Gasteiger partial charge is 0.340 e. The van der Waals surface area contributed by atoms with Crippen LogP contribution in [0.4, 0.5) is 4.79 Å². The second kappa shape index (κ2) is 10.6. The Morgan fingerprint density at radius 2 is 1.89 bits per heavy atom. The highest BCUT2D eigenvalue weighted by Crippen LogP contribution is 2.40. The molecule has 0 bridgehead atoms. The van der Waals surface area contributed by atoms with E-state index in [-0.39, 0.29) is 11.1 Å². The van der Waals surface area contributed by atoms with Gasteiger partial charge in [0.1, 0.15) is 11.1 Å². The second-order valence-corrected chi connectivity index (χ2v) is 10.0. The lowest BCUT2D eigenvalue weighted by Gasteiger charge is -2.17. The van der Waals surface area contributed by atoms with Crippen LogP contribution in [0.2, 0.25) is 0 Å². The van der Waals surface area contributed by atoms with Crippen LogP contribution in [0.1, 0.15) is 52.3 Å². The summed E-state index contributed by atoms with van der Waals surface area (Å²) >= 11 is 0.998. The number of para-hydroxylation sites is 1. The Bertz CT molecular complexity index is 1500. The number of nitrogens with one attached hydrogen (secondary N) is 1. The highest BCUT2D eigenvalue weighted by Gasteiger charge is 2.34. The van der Waals surface area contributed by atoms with Gasteiger partial charge >= 0.3 is 5.97 Å². The Kier molecular flexibility index (Phi) is 7.10. The number of carbonyl (C=O) groups is 3. The Morgan fingerprint density at radius 1 is 1.08 bits per heavy atom. The van der Waals surface area contributed by atoms with E-state index in [1.54, 1.807) is 6.07 Å². The Labute approximate surface area is 219 Å². The zero-order valence-electron chi connectivity index (χ0n) is 20.7. The number of benzene rings is 3. The second-order valence-electron chi connectivity index (χ2n) is 8.94. The van der Waals surface area contributed by atoms with Gasteiger partial charge in [0.15, 0.2) is 0 Å². The molecule has 3 aromatic carbocycles. The van der Waals surface area contributed by atoms with Gasteiger partial charge in [0.05, 0.1) is 23.7 Å². The van der Waals surface area contributed by atoms with Crippen molar-refractivity contribution in [2.24, 2.45) is 0 Å². The number of methoxy groups -OCH3 is 1. The summed E-state index contributed by atoms with van der Waals surface area (Å²) in [4.78, 5) is 42.2. The fraction of sp³-hybridized carbons (Fsp3) is 0.241. The molecule has 1 aromatic heterocycles. The number of rotatable bonds is 8. The standard InChI is InChI=1S/C29H27N3O4S/c1-3-4-13-24-30-23-12-8-11-21(28(34)36-2)25(23)32(24)17-18-14-15-20(19-9-6-5-7-10-19)22(16-18)26-27(33)31-29(35)37-26/h5-12,14-16,26H,3-4,13,17H2,1-2H3,(H,31,33,35). The van der Waals surface area contributed by atoms with Crippen molar-refractivity contribution in [1.82, 2.24) is 14.9 Å². The fourth-order valence-electron chi connectivity index (χ4n) is 4.76. The number of hydrogen-bond donors (Lipinski definition) is 1. The first-order valence-corrected chi connectivity index (χ1v) is 13.1. The SMILES string of the molecule is CCCCc1nc2cccc(C(=O)OC)c2n1Cc1ccc(-c2ccccc2)c(C2SC(=O)NC2=O)c1. The van der Waals surface area contributed by atoms with Gasteiger partial charge in [-0.1, -0.05) is 67.9 Å². The molecule has 2 heterocycles. The lowest BCUT2D eigenvalue weighted by molar-refractivity contribution is -0.119. The van der Waals surface area contributed by atoms with Gasteiger partial charge in [-0.15, -0.1) is 0 Å². The summed E-state index contributed by atoms with van der Waals surface area (Å²) in [6.07, 6.45) is 2.76. The van der Waals surface area contributed by atoms with Gasteiger partial charge in [0, 0.05) is 13.0 Å². The third-order valence-electron chi connectivity index (χ3n) is 6.52. The number of ether oxygens (including phenoxy) is 1. The molecule has 1 aliphatic rings. The van der Waals surface area contributed by atoms with Crippen molar-refractivity contribution in [2.45, 2.75) is 38.0 Å². The van der Waals surface area contributed by atoms with Gasteiger partial charge in [-0.25, -0.2) is 9.78 Å². The number of unbranched alkanes of at least 4 members (excludes halogenated alkanes) is 1. The monoisotopic (exact) mass is 513 g/mol. The highest BCUT2D eigenvalue weighted by atomic mass is 32.2. The van der Waals surface area contributed by atoms with Gasteiger partial charge in [-0.05, 0) is 52.6 Å². The molecule has 4 aromatic rings. The molecule has 37 heavy (non-hydrogen) atoms. The van der Waals surface area contributed by atoms with E-state index < -0.39 is 11.2 Å². The average Bonchev–Trinajstić information content (AvgIpc) is 3.45. The first kappa shape index (κ1) is 24.8. The summed E-state index contributed by atoms with van der Waals surface area (Å²) in [6.45, 7) is 2.59. The maximum absolute atomic E-state index is 12.7. The Balaban J connectivity index is 1.64. The Morgan fingerprint density at radius 3 is 2.59 bits per heavy atom. The van der Waals surface area contributed by atoms with E-state index in [0.29, 0.717) is 12.1 Å². The van der Waals surface area contributed by atoms with Crippen LogP contribution in [0.25, 0.3) is 22.2 Å². The van der Waals surface area contributed by atoms with Crippen molar-refractivity contribution in [2.75, 3.05) is 7.11 Å². The molecule has 5 rings (SSSR count). The summed E-state index contributed by atoms with van der Waals surface area (Å²) < 4.78 is 7.13. The van der Waals surface area contributed by atoms with Crippen LogP contribution in [0, 0.1) is 0 Å². The van der Waals surface area contributed by atoms with Crippen molar-refractivity contribution in [3.05, 3.63) is 89.2 Å². The Hall–Kier alpha value is -3.91. The number of esters is 1. The number of nitrogens with zero attached hydrogens (tertiary/aromatic N) is 2. The van der Waals surface area contributed by atoms with Gasteiger partial charge in [0.25, 0.3) is 5.24 Å². The minimum Gasteiger partial charge on any atom is -0.465 e. The number of aryl methyl sites for hydroxylation is 1. The molecule has 1 saturated heterocycles. The van der Waals surface area contributed by atoms with Crippen molar-refractivity contribution in [1.29, 1.82) is 0 Å². The van der Waals surface area contributed by atoms with E-state index in [0.717, 1.165) is 70.1 Å². The zero-order valence-corrected chi connectivity index (χ0v) is 21.5. The molecule has 8 heteroatoms. The van der Waals surface area contributed by atoms with Crippen LogP contribution in [-0.4, -0.2) is 33.8 Å². The van der Waals surface area contributed by atoms with E-state index in [4.69, 9.17) is 9.72 Å². The van der Waals surface area contributed by atoms with Crippen molar-refractivity contribution < 1.29 is 19.1 Å². The summed E-state index contributed by atoms with van der Waals surface area (Å²) in [5.74, 6) is 0.172. The van der Waals surface area contributed by atoms with Crippen LogP contribution in [-0.2, 0) is 22.5 Å². The van der Waals surface area contributed by atoms with E-state index >= 15 is 0 Å². The molecular weight excluding hydrogens is 486 g/mol. The third kappa shape index (κ3) is 4.89. The van der Waals surface area contributed by atoms with Crippen LogP contribution >= 0.6 is 11.8 Å². The van der Waals surface area contributed by atoms with E-state index in [1.807, 2.05) is 60.7 Å². The number of hydrogen-bond acceptors (Lipinski definition) is 6. The number of imidazole rings is 1. The highest BCUT2D eigenvalue weighted by molar-refractivity contribution is 8.15. The molecule has 1 unspecified atom stereocenters. The van der Waals surface area contributed by atoms with Crippen LogP contribution in [0.3, 0.4) is 0 Å². The number of fused-ring (bicyclic) bond motifs is 1. The first-order chi connectivity index (χ1) is 18.0. The largest absolute Gasteiger partial charge is 0.465 e. The molecular formula is C29H27N3O4S. The molecule has 1 atom stereocenters. The molecule has 7 nitrogen and oxygen atoms in total. The first-order valence-electron chi connectivity index (χ1n) is 12.3. The van der Waals surface area contributed by atoms with Crippen LogP contribution < -0.4 is 5.32 Å².